The summed E-state index contributed by atoms with van der Waals surface area (Å²) < 4.78 is 27.4. The molecule has 1 aromatic heterocycles. The second kappa shape index (κ2) is 9.08. The molecule has 1 aliphatic rings. The lowest BCUT2D eigenvalue weighted by Crippen LogP contribution is -2.43. The van der Waals surface area contributed by atoms with Crippen molar-refractivity contribution in [3.8, 4) is 11.3 Å². The molecule has 31 heavy (non-hydrogen) atoms. The summed E-state index contributed by atoms with van der Waals surface area (Å²) in [6, 6.07) is 13.4. The van der Waals surface area contributed by atoms with Gasteiger partial charge < -0.3 is 5.32 Å². The van der Waals surface area contributed by atoms with Crippen molar-refractivity contribution >= 4 is 44.0 Å². The van der Waals surface area contributed by atoms with Crippen LogP contribution in [0.1, 0.15) is 25.3 Å². The predicted octanol–water partition coefficient (Wildman–Crippen LogP) is 4.82. The van der Waals surface area contributed by atoms with E-state index in [0.717, 1.165) is 17.7 Å². The van der Waals surface area contributed by atoms with Crippen molar-refractivity contribution in [3.05, 3.63) is 64.5 Å². The van der Waals surface area contributed by atoms with Crippen LogP contribution in [0.5, 0.6) is 0 Å². The molecule has 3 aromatic rings. The van der Waals surface area contributed by atoms with E-state index in [1.165, 1.54) is 45.5 Å². The molecule has 162 valence electrons. The highest BCUT2D eigenvalue weighted by Gasteiger charge is 2.39. The van der Waals surface area contributed by atoms with Crippen molar-refractivity contribution < 1.29 is 13.2 Å². The Morgan fingerprint density at radius 1 is 1.19 bits per heavy atom. The van der Waals surface area contributed by atoms with Gasteiger partial charge in [0.05, 0.1) is 10.6 Å². The number of aryl methyl sites for hydroxylation is 1. The van der Waals surface area contributed by atoms with E-state index < -0.39 is 16.1 Å². The van der Waals surface area contributed by atoms with Gasteiger partial charge in [-0.3, -0.25) is 4.79 Å². The number of carbonyl (C=O) groups is 1. The van der Waals surface area contributed by atoms with Gasteiger partial charge >= 0.3 is 0 Å². The van der Waals surface area contributed by atoms with Gasteiger partial charge in [-0.1, -0.05) is 42.8 Å². The van der Waals surface area contributed by atoms with E-state index in [4.69, 9.17) is 11.6 Å². The molecule has 0 saturated carbocycles. The predicted molar refractivity (Wildman–Crippen MR) is 124 cm³/mol. The molecule has 1 amide bonds. The number of benzene rings is 2. The number of anilines is 1. The summed E-state index contributed by atoms with van der Waals surface area (Å²) >= 11 is 7.20. The number of nitrogens with zero attached hydrogens (tertiary/aromatic N) is 2. The summed E-state index contributed by atoms with van der Waals surface area (Å²) in [7, 11) is -3.79. The number of hydrogen-bond acceptors (Lipinski definition) is 5. The molecule has 4 rings (SSSR count). The molecule has 0 bridgehead atoms. The zero-order chi connectivity index (χ0) is 22.0. The molecule has 0 radical (unpaired) electrons. The molecular formula is C22H22ClN3O3S2. The summed E-state index contributed by atoms with van der Waals surface area (Å²) in [5.41, 5.74) is 3.00. The number of carbonyl (C=O) groups excluding carboxylic acids is 1. The van der Waals surface area contributed by atoms with Gasteiger partial charge in [-0.15, -0.1) is 11.3 Å². The normalized spacial score (nSPS) is 17.0. The highest BCUT2D eigenvalue weighted by Crippen LogP contribution is 2.29. The Labute approximate surface area is 190 Å². The van der Waals surface area contributed by atoms with Crippen LogP contribution in [0.3, 0.4) is 0 Å². The molecular weight excluding hydrogens is 454 g/mol. The quantitative estimate of drug-likeness (QED) is 0.554. The molecule has 0 spiro atoms. The minimum atomic E-state index is -3.79. The standard InChI is InChI=1S/C22H22ClN3O3S2/c1-2-15-5-7-16(8-6-15)19-14-30-22(24-19)25-21(27)20-4-3-13-26(20)31(28,29)18-11-9-17(23)10-12-18/h5-12,14,20H,2-4,13H2,1H3,(H,24,25,27). The number of aromatic nitrogens is 1. The third kappa shape index (κ3) is 4.67. The maximum atomic E-state index is 13.0. The van der Waals surface area contributed by atoms with E-state index in [2.05, 4.69) is 29.4 Å². The van der Waals surface area contributed by atoms with E-state index in [9.17, 15) is 13.2 Å². The molecule has 6 nitrogen and oxygen atoms in total. The van der Waals surface area contributed by atoms with Crippen LogP contribution in [-0.2, 0) is 21.2 Å². The fourth-order valence-electron chi connectivity index (χ4n) is 3.60. The first-order valence-corrected chi connectivity index (χ1v) is 12.7. The Morgan fingerprint density at radius 2 is 1.90 bits per heavy atom. The number of thiazole rings is 1. The number of halogens is 1. The van der Waals surface area contributed by atoms with E-state index >= 15 is 0 Å². The Balaban J connectivity index is 1.49. The zero-order valence-corrected chi connectivity index (χ0v) is 19.3. The van der Waals surface area contributed by atoms with Gasteiger partial charge in [0.2, 0.25) is 15.9 Å². The molecule has 1 aliphatic heterocycles. The molecule has 2 heterocycles. The fraction of sp³-hybridized carbons (Fsp3) is 0.273. The first-order valence-electron chi connectivity index (χ1n) is 10.0. The molecule has 9 heteroatoms. The monoisotopic (exact) mass is 475 g/mol. The molecule has 1 atom stereocenters. The van der Waals surface area contributed by atoms with Crippen LogP contribution in [0.2, 0.25) is 5.02 Å². The molecule has 1 N–H and O–H groups in total. The van der Waals surface area contributed by atoms with Crippen molar-refractivity contribution in [2.24, 2.45) is 0 Å². The molecule has 0 aliphatic carbocycles. The fourth-order valence-corrected chi connectivity index (χ4v) is 6.10. The van der Waals surface area contributed by atoms with Gasteiger partial charge in [0.15, 0.2) is 5.13 Å². The number of rotatable bonds is 6. The molecule has 2 aromatic carbocycles. The van der Waals surface area contributed by atoms with Crippen LogP contribution in [0, 0.1) is 0 Å². The lowest BCUT2D eigenvalue weighted by Gasteiger charge is -2.23. The van der Waals surface area contributed by atoms with Crippen molar-refractivity contribution in [1.82, 2.24) is 9.29 Å². The Hall–Kier alpha value is -2.26. The van der Waals surface area contributed by atoms with E-state index in [0.29, 0.717) is 29.5 Å². The lowest BCUT2D eigenvalue weighted by atomic mass is 10.1. The SMILES string of the molecule is CCc1ccc(-c2csc(NC(=O)C3CCCN3S(=O)(=O)c3ccc(Cl)cc3)n2)cc1. The summed E-state index contributed by atoms with van der Waals surface area (Å²) in [6.07, 6.45) is 2.06. The van der Waals surface area contributed by atoms with Gasteiger partial charge in [-0.05, 0) is 49.1 Å². The smallest absolute Gasteiger partial charge is 0.244 e. The van der Waals surface area contributed by atoms with Crippen LogP contribution in [0.25, 0.3) is 11.3 Å². The van der Waals surface area contributed by atoms with Gasteiger partial charge in [0.25, 0.3) is 0 Å². The van der Waals surface area contributed by atoms with Gasteiger partial charge in [-0.2, -0.15) is 4.31 Å². The van der Waals surface area contributed by atoms with Crippen LogP contribution in [-0.4, -0.2) is 36.2 Å². The zero-order valence-electron chi connectivity index (χ0n) is 16.9. The molecule has 1 fully saturated rings. The van der Waals surface area contributed by atoms with Gasteiger partial charge in [0.1, 0.15) is 6.04 Å². The average molecular weight is 476 g/mol. The van der Waals surface area contributed by atoms with Crippen molar-refractivity contribution in [1.29, 1.82) is 0 Å². The van der Waals surface area contributed by atoms with Crippen LogP contribution in [0.4, 0.5) is 5.13 Å². The Morgan fingerprint density at radius 3 is 2.58 bits per heavy atom. The van der Waals surface area contributed by atoms with Crippen LogP contribution in [0.15, 0.2) is 58.8 Å². The van der Waals surface area contributed by atoms with E-state index in [-0.39, 0.29) is 10.8 Å². The first kappa shape index (κ1) is 22.0. The van der Waals surface area contributed by atoms with E-state index in [1.54, 1.807) is 0 Å². The molecule has 1 saturated heterocycles. The Kier molecular flexibility index (Phi) is 6.43. The number of hydrogen-bond donors (Lipinski definition) is 1. The number of sulfonamides is 1. The lowest BCUT2D eigenvalue weighted by molar-refractivity contribution is -0.119. The summed E-state index contributed by atoms with van der Waals surface area (Å²) in [6.45, 7) is 2.40. The second-order valence-electron chi connectivity index (χ2n) is 7.31. The topological polar surface area (TPSA) is 79.4 Å². The Bertz CT molecular complexity index is 1180. The summed E-state index contributed by atoms with van der Waals surface area (Å²) in [5, 5.41) is 5.59. The van der Waals surface area contributed by atoms with E-state index in [1.807, 2.05) is 17.5 Å². The largest absolute Gasteiger partial charge is 0.301 e. The third-order valence-corrected chi connectivity index (χ3v) is 8.25. The summed E-state index contributed by atoms with van der Waals surface area (Å²) in [5.74, 6) is -0.364. The molecule has 1 unspecified atom stereocenters. The maximum absolute atomic E-state index is 13.0. The first-order chi connectivity index (χ1) is 14.9. The van der Waals surface area contributed by atoms with Gasteiger partial charge in [0, 0.05) is 22.5 Å². The van der Waals surface area contributed by atoms with Crippen molar-refractivity contribution in [2.75, 3.05) is 11.9 Å². The average Bonchev–Trinajstić information content (AvgIpc) is 3.44. The highest BCUT2D eigenvalue weighted by atomic mass is 35.5. The van der Waals surface area contributed by atoms with Crippen LogP contribution < -0.4 is 5.32 Å². The second-order valence-corrected chi connectivity index (χ2v) is 10.5. The number of nitrogens with one attached hydrogen (secondary N) is 1. The highest BCUT2D eigenvalue weighted by molar-refractivity contribution is 7.89. The van der Waals surface area contributed by atoms with Crippen molar-refractivity contribution in [3.63, 3.8) is 0 Å². The minimum Gasteiger partial charge on any atom is -0.301 e. The summed E-state index contributed by atoms with van der Waals surface area (Å²) in [4.78, 5) is 17.5. The van der Waals surface area contributed by atoms with Crippen molar-refractivity contribution in [2.45, 2.75) is 37.1 Å². The van der Waals surface area contributed by atoms with Crippen LogP contribution >= 0.6 is 22.9 Å². The maximum Gasteiger partial charge on any atom is 0.244 e. The number of amides is 1. The minimum absolute atomic E-state index is 0.128. The third-order valence-electron chi connectivity index (χ3n) is 5.32. The van der Waals surface area contributed by atoms with Gasteiger partial charge in [-0.25, -0.2) is 13.4 Å².